The first kappa shape index (κ1) is 36.9. The highest BCUT2D eigenvalue weighted by molar-refractivity contribution is 5.68. The number of hydrogen-bond acceptors (Lipinski definition) is 12. The van der Waals surface area contributed by atoms with E-state index in [4.69, 9.17) is 23.5 Å². The number of methoxy groups -OCH3 is 1. The van der Waals surface area contributed by atoms with Crippen molar-refractivity contribution in [3.63, 3.8) is 0 Å². The molecule has 1 amide bonds. The van der Waals surface area contributed by atoms with Gasteiger partial charge < -0.3 is 28.4 Å². The number of nitriles is 1. The number of halogens is 2. The molecule has 3 aromatic rings. The molecule has 2 aromatic heterocycles. The number of carbonyl (C=O) groups is 1. The van der Waals surface area contributed by atoms with E-state index in [2.05, 4.69) is 31.1 Å². The average molecular weight is 698 g/mol. The van der Waals surface area contributed by atoms with E-state index in [1.54, 1.807) is 52.7 Å². The van der Waals surface area contributed by atoms with Gasteiger partial charge in [0.1, 0.15) is 29.4 Å². The van der Waals surface area contributed by atoms with Crippen LogP contribution in [0.1, 0.15) is 78.7 Å². The van der Waals surface area contributed by atoms with E-state index in [-0.39, 0.29) is 59.5 Å². The van der Waals surface area contributed by atoms with Crippen LogP contribution in [0.25, 0.3) is 11.6 Å². The maximum absolute atomic E-state index is 14.8. The first-order valence-corrected chi connectivity index (χ1v) is 16.7. The fraction of sp³-hybridized carbons (Fsp3) is 0.600. The lowest BCUT2D eigenvalue weighted by Gasteiger charge is -2.38. The predicted molar refractivity (Wildman–Crippen MR) is 176 cm³/mol. The molecule has 15 heteroatoms. The Morgan fingerprint density at radius 3 is 2.42 bits per heavy atom. The van der Waals surface area contributed by atoms with Crippen molar-refractivity contribution >= 4 is 6.09 Å². The van der Waals surface area contributed by atoms with Gasteiger partial charge in [0.25, 0.3) is 0 Å². The summed E-state index contributed by atoms with van der Waals surface area (Å²) in [6.45, 7) is 11.5. The molecular formula is C35H45F2N7O6. The molecule has 0 bridgehead atoms. The molecule has 0 unspecified atom stereocenters. The largest absolute Gasteiger partial charge is 0.474 e. The molecule has 0 N–H and O–H groups in total. The van der Waals surface area contributed by atoms with Gasteiger partial charge in [0.15, 0.2) is 0 Å². The Labute approximate surface area is 290 Å². The van der Waals surface area contributed by atoms with Crippen molar-refractivity contribution in [2.75, 3.05) is 27.2 Å². The van der Waals surface area contributed by atoms with Crippen molar-refractivity contribution in [2.45, 2.75) is 109 Å². The minimum Gasteiger partial charge on any atom is -0.474 e. The van der Waals surface area contributed by atoms with Crippen molar-refractivity contribution in [1.29, 1.82) is 5.26 Å². The highest BCUT2D eigenvalue weighted by Crippen LogP contribution is 2.35. The number of piperidine rings is 1. The Balaban J connectivity index is 1.44. The van der Waals surface area contributed by atoms with Gasteiger partial charge in [-0.2, -0.15) is 20.2 Å². The molecule has 0 spiro atoms. The molecule has 270 valence electrons. The molecule has 0 radical (unpaired) electrons. The number of hydrogen-bond donors (Lipinski definition) is 0. The molecular weight excluding hydrogens is 652 g/mol. The van der Waals surface area contributed by atoms with Crippen LogP contribution >= 0.6 is 0 Å². The quantitative estimate of drug-likeness (QED) is 0.257. The van der Waals surface area contributed by atoms with Crippen LogP contribution in [0.3, 0.4) is 0 Å². The van der Waals surface area contributed by atoms with Gasteiger partial charge in [0.05, 0.1) is 36.1 Å². The van der Waals surface area contributed by atoms with Crippen LogP contribution in [0.4, 0.5) is 13.6 Å². The topological polar surface area (TPSA) is 149 Å². The summed E-state index contributed by atoms with van der Waals surface area (Å²) in [5.74, 6) is -1.21. The van der Waals surface area contributed by atoms with Crippen LogP contribution in [0.2, 0.25) is 0 Å². The van der Waals surface area contributed by atoms with Crippen molar-refractivity contribution < 1.29 is 37.0 Å². The maximum Gasteiger partial charge on any atom is 0.410 e. The third-order valence-electron chi connectivity index (χ3n) is 9.08. The Hall–Kier alpha value is -4.42. The zero-order chi connectivity index (χ0) is 36.4. The number of rotatable bonds is 10. The molecule has 13 nitrogen and oxygen atoms in total. The number of aromatic nitrogens is 4. The molecule has 5 atom stereocenters. The highest BCUT2D eigenvalue weighted by Gasteiger charge is 2.38. The van der Waals surface area contributed by atoms with Crippen molar-refractivity contribution in [2.24, 2.45) is 0 Å². The molecule has 2 aliphatic heterocycles. The Kier molecular flexibility index (Phi) is 10.9. The maximum atomic E-state index is 14.8. The summed E-state index contributed by atoms with van der Waals surface area (Å²) in [6.07, 6.45) is 0.548. The number of likely N-dealkylation sites (N-methyl/N-ethyl adjacent to an activating group) is 1. The third-order valence-corrected chi connectivity index (χ3v) is 9.08. The van der Waals surface area contributed by atoms with Crippen LogP contribution < -0.4 is 9.47 Å². The summed E-state index contributed by atoms with van der Waals surface area (Å²) in [4.78, 5) is 30.3. The van der Waals surface area contributed by atoms with E-state index in [9.17, 15) is 18.8 Å². The summed E-state index contributed by atoms with van der Waals surface area (Å²) in [7, 11) is 3.69. The van der Waals surface area contributed by atoms with Gasteiger partial charge in [-0.05, 0) is 67.1 Å². The van der Waals surface area contributed by atoms with Crippen LogP contribution in [0, 0.1) is 23.0 Å². The standard InChI is InChI=1S/C35H45F2N7O6/c1-20(26-17-23(46-8)19-43(26)7)47-27-18-28(48-22-13-15-44(21(16-22)12-14-38)33(45)49-34(2,3)4)40-30(39-27)31-41-32(50-42-31)35(5,6)29-24(36)10-9-11-25(29)37/h9-11,18,20-23,26H,12-13,15-17,19H2,1-8H3/t20-,21+,22-,23+,26-/m0/s1. The van der Waals surface area contributed by atoms with Crippen molar-refractivity contribution in [3.05, 3.63) is 47.4 Å². The minimum absolute atomic E-state index is 0.0128. The number of benzene rings is 1. The Morgan fingerprint density at radius 1 is 1.08 bits per heavy atom. The number of amides is 1. The second kappa shape index (κ2) is 14.8. The molecule has 2 saturated heterocycles. The molecule has 2 aliphatic rings. The normalized spacial score (nSPS) is 22.2. The van der Waals surface area contributed by atoms with Gasteiger partial charge in [-0.3, -0.25) is 4.90 Å². The Morgan fingerprint density at radius 2 is 1.78 bits per heavy atom. The summed E-state index contributed by atoms with van der Waals surface area (Å²) in [5.41, 5.74) is -2.23. The van der Waals surface area contributed by atoms with Gasteiger partial charge in [-0.1, -0.05) is 11.2 Å². The number of carbonyl (C=O) groups excluding carboxylic acids is 1. The Bertz CT molecular complexity index is 1690. The molecule has 0 aliphatic carbocycles. The summed E-state index contributed by atoms with van der Waals surface area (Å²) in [6, 6.07) is 6.97. The lowest BCUT2D eigenvalue weighted by molar-refractivity contribution is -0.00382. The summed E-state index contributed by atoms with van der Waals surface area (Å²) in [5, 5.41) is 13.6. The number of likely N-dealkylation sites (tertiary alicyclic amines) is 2. The molecule has 0 saturated carbocycles. The van der Waals surface area contributed by atoms with Gasteiger partial charge in [0, 0.05) is 44.6 Å². The summed E-state index contributed by atoms with van der Waals surface area (Å²) >= 11 is 0. The zero-order valence-electron chi connectivity index (χ0n) is 29.8. The predicted octanol–water partition coefficient (Wildman–Crippen LogP) is 5.68. The third kappa shape index (κ3) is 8.30. The molecule has 4 heterocycles. The monoisotopic (exact) mass is 697 g/mol. The molecule has 2 fully saturated rings. The van der Waals surface area contributed by atoms with Gasteiger partial charge >= 0.3 is 6.09 Å². The zero-order valence-corrected chi connectivity index (χ0v) is 29.8. The lowest BCUT2D eigenvalue weighted by Crippen LogP contribution is -2.50. The molecule has 5 rings (SSSR count). The fourth-order valence-electron chi connectivity index (χ4n) is 6.52. The molecule has 1 aromatic carbocycles. The highest BCUT2D eigenvalue weighted by atomic mass is 19.1. The van der Waals surface area contributed by atoms with E-state index in [0.717, 1.165) is 13.0 Å². The van der Waals surface area contributed by atoms with E-state index < -0.39 is 40.9 Å². The number of nitrogens with zero attached hydrogens (tertiary/aromatic N) is 7. The van der Waals surface area contributed by atoms with Crippen molar-refractivity contribution in [3.8, 4) is 29.5 Å². The van der Waals surface area contributed by atoms with E-state index >= 15 is 0 Å². The van der Waals surface area contributed by atoms with Crippen LogP contribution in [0.15, 0.2) is 28.8 Å². The second-order valence-corrected chi connectivity index (χ2v) is 14.4. The average Bonchev–Trinajstić information content (AvgIpc) is 3.68. The van der Waals surface area contributed by atoms with Gasteiger partial charge in [-0.25, -0.2) is 13.6 Å². The van der Waals surface area contributed by atoms with Crippen LogP contribution in [-0.4, -0.2) is 99.2 Å². The second-order valence-electron chi connectivity index (χ2n) is 14.4. The fourth-order valence-corrected chi connectivity index (χ4v) is 6.52. The number of ether oxygens (including phenoxy) is 4. The van der Waals surface area contributed by atoms with E-state index in [1.807, 2.05) is 14.0 Å². The lowest BCUT2D eigenvalue weighted by atomic mass is 9.83. The first-order valence-electron chi connectivity index (χ1n) is 16.7. The van der Waals surface area contributed by atoms with Gasteiger partial charge in [0.2, 0.25) is 29.3 Å². The minimum atomic E-state index is -1.33. The smallest absolute Gasteiger partial charge is 0.410 e. The van der Waals surface area contributed by atoms with Crippen LogP contribution in [0.5, 0.6) is 11.8 Å². The van der Waals surface area contributed by atoms with E-state index in [1.165, 1.54) is 18.2 Å². The van der Waals surface area contributed by atoms with Crippen LogP contribution in [-0.2, 0) is 14.9 Å². The molecule has 50 heavy (non-hydrogen) atoms. The first-order chi connectivity index (χ1) is 23.6. The summed E-state index contributed by atoms with van der Waals surface area (Å²) < 4.78 is 59.0. The SMILES string of the molecule is CO[C@@H]1C[C@@H]([C@H](C)Oc2cc(O[C@H]3CCN(C(=O)OC(C)(C)C)[C@H](CC#N)C3)nc(-c3noc(C(C)(C)c4c(F)cccc4F)n3)n2)N(C)C1. The van der Waals surface area contributed by atoms with E-state index in [0.29, 0.717) is 19.4 Å². The van der Waals surface area contributed by atoms with Crippen molar-refractivity contribution in [1.82, 2.24) is 29.9 Å². The van der Waals surface area contributed by atoms with Gasteiger partial charge in [-0.15, -0.1) is 0 Å².